The largest absolute Gasteiger partial charge is 0.493 e. The van der Waals surface area contributed by atoms with Gasteiger partial charge in [0.1, 0.15) is 23.2 Å². The Morgan fingerprint density at radius 3 is 2.58 bits per heavy atom. The Morgan fingerprint density at radius 2 is 1.91 bits per heavy atom. The van der Waals surface area contributed by atoms with Crippen molar-refractivity contribution in [1.29, 1.82) is 5.41 Å². The summed E-state index contributed by atoms with van der Waals surface area (Å²) in [6.07, 6.45) is 4.92. The first-order valence-corrected chi connectivity index (χ1v) is 15.8. The average molecular weight is 590 g/mol. The monoisotopic (exact) mass is 589 g/mol. The molecule has 0 aromatic heterocycles. The molecule has 0 aliphatic carbocycles. The summed E-state index contributed by atoms with van der Waals surface area (Å²) in [5, 5.41) is 23.6. The van der Waals surface area contributed by atoms with Crippen LogP contribution in [0.1, 0.15) is 119 Å². The quantitative estimate of drug-likeness (QED) is 0.234. The van der Waals surface area contributed by atoms with E-state index < -0.39 is 11.1 Å². The van der Waals surface area contributed by atoms with E-state index in [-0.39, 0.29) is 41.6 Å². The van der Waals surface area contributed by atoms with Gasteiger partial charge in [0, 0.05) is 34.6 Å². The van der Waals surface area contributed by atoms with Gasteiger partial charge in [-0.25, -0.2) is 0 Å². The highest BCUT2D eigenvalue weighted by Crippen LogP contribution is 2.47. The maximum absolute atomic E-state index is 13.7. The molecule has 3 N–H and O–H groups in total. The highest BCUT2D eigenvalue weighted by Gasteiger charge is 2.46. The number of carbonyl (C=O) groups is 2. The number of rotatable bonds is 9. The number of nitrogens with one attached hydrogen (secondary N) is 2. The zero-order valence-electron chi connectivity index (χ0n) is 26.5. The first-order chi connectivity index (χ1) is 20.4. The number of aryl methyl sites for hydroxylation is 1. The molecule has 2 aromatic rings. The van der Waals surface area contributed by atoms with Crippen molar-refractivity contribution >= 4 is 17.6 Å². The average Bonchev–Trinajstić information content (AvgIpc) is 2.95. The molecule has 3 heterocycles. The van der Waals surface area contributed by atoms with Gasteiger partial charge >= 0.3 is 0 Å². The highest BCUT2D eigenvalue weighted by atomic mass is 16.5. The van der Waals surface area contributed by atoms with Crippen LogP contribution in [-0.4, -0.2) is 51.5 Å². The second-order valence-corrected chi connectivity index (χ2v) is 13.3. The summed E-state index contributed by atoms with van der Waals surface area (Å²) < 4.78 is 11.9. The number of unbranched alkanes of at least 4 members (excludes halogenated alkanes) is 1. The molecular formula is C35H47N3O5. The second-order valence-electron chi connectivity index (χ2n) is 13.3. The van der Waals surface area contributed by atoms with Gasteiger partial charge in [-0.2, -0.15) is 0 Å². The lowest BCUT2D eigenvalue weighted by Crippen LogP contribution is -2.63. The van der Waals surface area contributed by atoms with Crippen molar-refractivity contribution in [1.82, 2.24) is 10.2 Å². The van der Waals surface area contributed by atoms with Crippen molar-refractivity contribution in [3.63, 3.8) is 0 Å². The summed E-state index contributed by atoms with van der Waals surface area (Å²) in [6, 6.07) is 11.4. The van der Waals surface area contributed by atoms with Crippen LogP contribution in [-0.2, 0) is 11.2 Å². The number of benzene rings is 2. The maximum atomic E-state index is 13.7. The number of hydrogen-bond acceptors (Lipinski definition) is 6. The van der Waals surface area contributed by atoms with Gasteiger partial charge in [-0.3, -0.25) is 19.9 Å². The molecule has 5 rings (SSSR count). The number of nitrogens with zero attached hydrogens (tertiary/aromatic N) is 1. The number of ether oxygens (including phenoxy) is 2. The van der Waals surface area contributed by atoms with Gasteiger partial charge in [0.2, 0.25) is 5.91 Å². The Kier molecular flexibility index (Phi) is 8.63. The van der Waals surface area contributed by atoms with Crippen LogP contribution < -0.4 is 14.8 Å². The molecule has 8 nitrogen and oxygen atoms in total. The molecule has 1 saturated heterocycles. The van der Waals surface area contributed by atoms with Crippen molar-refractivity contribution in [2.45, 2.75) is 116 Å². The molecule has 0 saturated carbocycles. The van der Waals surface area contributed by atoms with Crippen molar-refractivity contribution in [3.8, 4) is 11.5 Å². The van der Waals surface area contributed by atoms with Crippen molar-refractivity contribution in [3.05, 3.63) is 58.7 Å². The number of amides is 1. The van der Waals surface area contributed by atoms with Crippen LogP contribution in [0.2, 0.25) is 0 Å². The van der Waals surface area contributed by atoms with E-state index in [9.17, 15) is 14.7 Å². The van der Waals surface area contributed by atoms with Crippen LogP contribution in [0.15, 0.2) is 36.4 Å². The third-order valence-electron chi connectivity index (χ3n) is 10.00. The minimum atomic E-state index is -0.937. The first kappa shape index (κ1) is 31.0. The molecule has 3 unspecified atom stereocenters. The van der Waals surface area contributed by atoms with Gasteiger partial charge < -0.3 is 19.9 Å². The number of hydrogen-bond donors (Lipinski definition) is 3. The number of guanidine groups is 1. The van der Waals surface area contributed by atoms with E-state index in [2.05, 4.69) is 38.2 Å². The molecular weight excluding hydrogens is 542 g/mol. The number of Topliss-reactive ketones (excluding diaryl/α,β-unsaturated/α-hetero) is 1. The molecule has 3 aliphatic heterocycles. The molecule has 2 aromatic carbocycles. The number of aliphatic hydroxyl groups is 1. The van der Waals surface area contributed by atoms with Gasteiger partial charge in [0.15, 0.2) is 11.7 Å². The summed E-state index contributed by atoms with van der Waals surface area (Å²) in [7, 11) is 0. The summed E-state index contributed by atoms with van der Waals surface area (Å²) in [4.78, 5) is 27.3. The maximum Gasteiger partial charge on any atom is 0.232 e. The Morgan fingerprint density at radius 1 is 1.16 bits per heavy atom. The summed E-state index contributed by atoms with van der Waals surface area (Å²) >= 11 is 0. The lowest BCUT2D eigenvalue weighted by atomic mass is 9.71. The molecule has 43 heavy (non-hydrogen) atoms. The van der Waals surface area contributed by atoms with E-state index in [0.717, 1.165) is 49.0 Å². The molecule has 8 heteroatoms. The van der Waals surface area contributed by atoms with E-state index in [1.54, 1.807) is 17.0 Å². The van der Waals surface area contributed by atoms with Crippen LogP contribution in [0, 0.1) is 11.3 Å². The van der Waals surface area contributed by atoms with Gasteiger partial charge in [-0.05, 0) is 82.2 Å². The minimum Gasteiger partial charge on any atom is -0.493 e. The number of fused-ring (bicyclic) bond motifs is 2. The summed E-state index contributed by atoms with van der Waals surface area (Å²) in [6.45, 7) is 12.2. The van der Waals surface area contributed by atoms with Crippen LogP contribution in [0.3, 0.4) is 0 Å². The third-order valence-corrected chi connectivity index (χ3v) is 10.00. The van der Waals surface area contributed by atoms with E-state index >= 15 is 0 Å². The zero-order chi connectivity index (χ0) is 31.1. The topological polar surface area (TPSA) is 112 Å². The lowest BCUT2D eigenvalue weighted by molar-refractivity contribution is -0.133. The molecule has 1 amide bonds. The van der Waals surface area contributed by atoms with Gasteiger partial charge in [0.05, 0.1) is 19.1 Å². The minimum absolute atomic E-state index is 0.00212. The smallest absolute Gasteiger partial charge is 0.232 e. The van der Waals surface area contributed by atoms with E-state index in [4.69, 9.17) is 14.9 Å². The Hall–Kier alpha value is -3.39. The standard InChI is InChI=1S/C35H47N3O5/c1-7-35(16-9-8-10-24-11-13-30-27(18-24)32(21(2)3)34(6,41)23(5)43-30)20-31(40)38(33(36)37-35)28-15-17-42-29-14-12-25(22(4)39)19-26(28)29/h11-14,18-19,21,23,28,32,41H,7-10,15-17,20H2,1-6H3,(H2,36,37)/t23?,28-,32?,34?,35-/m1/s1. The molecule has 0 spiro atoms. The number of carbonyl (C=O) groups excluding carboxylic acids is 2. The van der Waals surface area contributed by atoms with Gasteiger partial charge in [-0.1, -0.05) is 39.3 Å². The molecule has 0 bridgehead atoms. The Balaban J connectivity index is 1.24. The molecule has 0 radical (unpaired) electrons. The Bertz CT molecular complexity index is 1380. The van der Waals surface area contributed by atoms with Crippen molar-refractivity contribution in [2.24, 2.45) is 5.92 Å². The fraction of sp³-hybridized carbons (Fsp3) is 0.571. The fourth-order valence-electron chi connectivity index (χ4n) is 7.40. The Labute approximate surface area is 255 Å². The molecule has 3 aliphatic rings. The predicted molar refractivity (Wildman–Crippen MR) is 167 cm³/mol. The molecule has 232 valence electrons. The van der Waals surface area contributed by atoms with Crippen LogP contribution >= 0.6 is 0 Å². The number of ketones is 1. The predicted octanol–water partition coefficient (Wildman–Crippen LogP) is 6.30. The zero-order valence-corrected chi connectivity index (χ0v) is 26.5. The summed E-state index contributed by atoms with van der Waals surface area (Å²) in [5.74, 6) is 1.82. The SMILES string of the molecule is CC[C@@]1(CCCCc2ccc3c(c2)C(C(C)C)C(C)(O)C(C)O3)CC(=O)N([C@@H]2CCOc3ccc(C(C)=O)cc32)C(=N)N1. The normalized spacial score (nSPS) is 28.5. The van der Waals surface area contributed by atoms with Crippen molar-refractivity contribution in [2.75, 3.05) is 6.61 Å². The van der Waals surface area contributed by atoms with Gasteiger partial charge in [-0.15, -0.1) is 0 Å². The summed E-state index contributed by atoms with van der Waals surface area (Å²) in [5.41, 5.74) is 2.27. The molecule has 1 fully saturated rings. The highest BCUT2D eigenvalue weighted by molar-refractivity contribution is 6.00. The van der Waals surface area contributed by atoms with Crippen molar-refractivity contribution < 1.29 is 24.2 Å². The van der Waals surface area contributed by atoms with E-state index in [0.29, 0.717) is 30.8 Å². The second kappa shape index (κ2) is 11.9. The first-order valence-electron chi connectivity index (χ1n) is 15.8. The molecule has 5 atom stereocenters. The lowest BCUT2D eigenvalue weighted by Gasteiger charge is -2.46. The van der Waals surface area contributed by atoms with Crippen LogP contribution in [0.5, 0.6) is 11.5 Å². The van der Waals surface area contributed by atoms with Crippen LogP contribution in [0.25, 0.3) is 0 Å². The van der Waals surface area contributed by atoms with Crippen LogP contribution in [0.4, 0.5) is 0 Å². The van der Waals surface area contributed by atoms with E-state index in [1.807, 2.05) is 26.0 Å². The fourth-order valence-corrected chi connectivity index (χ4v) is 7.40. The van der Waals surface area contributed by atoms with Gasteiger partial charge in [0.25, 0.3) is 0 Å². The third kappa shape index (κ3) is 5.91. The van der Waals surface area contributed by atoms with E-state index in [1.165, 1.54) is 12.5 Å².